The third kappa shape index (κ3) is 3.69. The first-order valence-electron chi connectivity index (χ1n) is 3.34. The van der Waals surface area contributed by atoms with Gasteiger partial charge in [-0.2, -0.15) is 0 Å². The molecule has 0 fully saturated rings. The zero-order valence-corrected chi connectivity index (χ0v) is 6.54. The molecule has 0 rings (SSSR count). The van der Waals surface area contributed by atoms with E-state index in [1.165, 1.54) is 0 Å². The van der Waals surface area contributed by atoms with Crippen molar-refractivity contribution in [2.75, 3.05) is 6.67 Å². The van der Waals surface area contributed by atoms with Crippen LogP contribution in [0.1, 0.15) is 6.42 Å². The fourth-order valence-electron chi connectivity index (χ4n) is 0.610. The maximum absolute atomic E-state index is 12.4. The number of alkyl halides is 6. The Bertz CT molecular complexity index is 176. The van der Waals surface area contributed by atoms with Gasteiger partial charge in [0.15, 0.2) is 6.17 Å². The third-order valence-electron chi connectivity index (χ3n) is 1.36. The highest BCUT2D eigenvalue weighted by atomic mass is 19.3. The van der Waals surface area contributed by atoms with Gasteiger partial charge in [0.25, 0.3) is 11.8 Å². The van der Waals surface area contributed by atoms with Crippen molar-refractivity contribution in [2.24, 2.45) is 0 Å². The van der Waals surface area contributed by atoms with Crippen LogP contribution >= 0.6 is 0 Å². The van der Waals surface area contributed by atoms with Crippen molar-refractivity contribution in [3.8, 4) is 0 Å². The number of halogens is 6. The molecule has 0 heterocycles. The molecule has 13 heavy (non-hydrogen) atoms. The van der Waals surface area contributed by atoms with E-state index in [-0.39, 0.29) is 6.08 Å². The number of allylic oxidation sites excluding steroid dienone is 1. The lowest BCUT2D eigenvalue weighted by molar-refractivity contribution is -0.132. The summed E-state index contributed by atoms with van der Waals surface area (Å²) in [7, 11) is 0. The summed E-state index contributed by atoms with van der Waals surface area (Å²) in [5.41, 5.74) is 0. The van der Waals surface area contributed by atoms with E-state index < -0.39 is 31.1 Å². The second-order valence-electron chi connectivity index (χ2n) is 2.52. The van der Waals surface area contributed by atoms with Gasteiger partial charge in [0.05, 0.1) is 6.42 Å². The molecule has 0 N–H and O–H groups in total. The van der Waals surface area contributed by atoms with Crippen LogP contribution in [0.25, 0.3) is 0 Å². The van der Waals surface area contributed by atoms with Crippen LogP contribution < -0.4 is 0 Å². The van der Waals surface area contributed by atoms with Crippen molar-refractivity contribution in [3.63, 3.8) is 0 Å². The van der Waals surface area contributed by atoms with Gasteiger partial charge in [-0.3, -0.25) is 0 Å². The molecule has 78 valence electrons. The molecule has 0 spiro atoms. The fraction of sp³-hybridized carbons (Fsp3) is 0.714. The summed E-state index contributed by atoms with van der Waals surface area (Å²) in [6.07, 6.45) is -5.28. The average molecular weight is 206 g/mol. The highest BCUT2D eigenvalue weighted by Crippen LogP contribution is 2.35. The topological polar surface area (TPSA) is 0 Å². The summed E-state index contributed by atoms with van der Waals surface area (Å²) < 4.78 is 72.8. The molecule has 0 nitrogen and oxygen atoms in total. The lowest BCUT2D eigenvalue weighted by Gasteiger charge is -2.22. The highest BCUT2D eigenvalue weighted by molar-refractivity contribution is 4.93. The summed E-state index contributed by atoms with van der Waals surface area (Å²) in [5, 5.41) is 0. The first-order chi connectivity index (χ1) is 5.75. The van der Waals surface area contributed by atoms with Crippen LogP contribution in [0.15, 0.2) is 12.7 Å². The minimum Gasteiger partial charge on any atom is -0.248 e. The molecule has 0 bridgehead atoms. The van der Waals surface area contributed by atoms with Crippen LogP contribution in [0.3, 0.4) is 0 Å². The van der Waals surface area contributed by atoms with Crippen LogP contribution in [-0.2, 0) is 0 Å². The predicted molar refractivity (Wildman–Crippen MR) is 35.6 cm³/mol. The minimum atomic E-state index is -4.37. The van der Waals surface area contributed by atoms with Crippen molar-refractivity contribution in [3.05, 3.63) is 12.7 Å². The van der Waals surface area contributed by atoms with E-state index in [0.717, 1.165) is 0 Å². The summed E-state index contributed by atoms with van der Waals surface area (Å²) in [4.78, 5) is 0. The molecule has 0 aliphatic heterocycles. The Morgan fingerprint density at radius 2 is 1.69 bits per heavy atom. The molecule has 0 aromatic rings. The van der Waals surface area contributed by atoms with Crippen molar-refractivity contribution >= 4 is 0 Å². The molecular weight excluding hydrogens is 198 g/mol. The molecule has 0 amide bonds. The smallest absolute Gasteiger partial charge is 0.248 e. The quantitative estimate of drug-likeness (QED) is 0.478. The molecule has 0 aliphatic rings. The van der Waals surface area contributed by atoms with Gasteiger partial charge in [-0.15, -0.1) is 0 Å². The van der Waals surface area contributed by atoms with Gasteiger partial charge < -0.3 is 0 Å². The molecule has 6 heteroatoms. The van der Waals surface area contributed by atoms with E-state index in [9.17, 15) is 26.3 Å². The van der Waals surface area contributed by atoms with Gasteiger partial charge in [-0.1, -0.05) is 6.58 Å². The van der Waals surface area contributed by atoms with Crippen molar-refractivity contribution < 1.29 is 26.3 Å². The van der Waals surface area contributed by atoms with E-state index in [0.29, 0.717) is 0 Å². The van der Waals surface area contributed by atoms with E-state index in [2.05, 4.69) is 6.58 Å². The van der Waals surface area contributed by atoms with E-state index in [1.54, 1.807) is 0 Å². The lowest BCUT2D eigenvalue weighted by Crippen LogP contribution is -2.37. The Balaban J connectivity index is 4.40. The fourth-order valence-corrected chi connectivity index (χ4v) is 0.610. The predicted octanol–water partition coefficient (Wildman–Crippen LogP) is 3.14. The van der Waals surface area contributed by atoms with Crippen LogP contribution in [0.2, 0.25) is 0 Å². The molecular formula is C7H8F6. The second kappa shape index (κ2) is 4.02. The maximum Gasteiger partial charge on any atom is 0.287 e. The molecule has 0 saturated heterocycles. The SMILES string of the molecule is C=CC(F)(F)CC(F)(F)C(F)CF. The molecule has 0 aromatic carbocycles. The van der Waals surface area contributed by atoms with Gasteiger partial charge in [-0.05, 0) is 6.08 Å². The molecule has 0 aromatic heterocycles. The highest BCUT2D eigenvalue weighted by Gasteiger charge is 2.47. The zero-order chi connectivity index (χ0) is 10.7. The van der Waals surface area contributed by atoms with Crippen molar-refractivity contribution in [1.29, 1.82) is 0 Å². The number of hydrogen-bond acceptors (Lipinski definition) is 0. The lowest BCUT2D eigenvalue weighted by atomic mass is 10.1. The summed E-state index contributed by atoms with van der Waals surface area (Å²) in [5.74, 6) is -8.25. The van der Waals surface area contributed by atoms with Gasteiger partial charge in [0.1, 0.15) is 6.67 Å². The van der Waals surface area contributed by atoms with Gasteiger partial charge in [0, 0.05) is 0 Å². The summed E-state index contributed by atoms with van der Waals surface area (Å²) in [6, 6.07) is 0. The Morgan fingerprint density at radius 1 is 1.23 bits per heavy atom. The first kappa shape index (κ1) is 12.3. The van der Waals surface area contributed by atoms with Crippen LogP contribution in [0.5, 0.6) is 0 Å². The van der Waals surface area contributed by atoms with Crippen LogP contribution in [0.4, 0.5) is 26.3 Å². The minimum absolute atomic E-state index is 0.0220. The second-order valence-corrected chi connectivity index (χ2v) is 2.52. The van der Waals surface area contributed by atoms with Crippen LogP contribution in [0, 0.1) is 0 Å². The van der Waals surface area contributed by atoms with E-state index >= 15 is 0 Å². The monoisotopic (exact) mass is 206 g/mol. The molecule has 1 atom stereocenters. The number of rotatable bonds is 5. The standard InChI is InChI=1S/C7H8F6/c1-2-6(10,11)4-7(12,13)5(9)3-8/h2,5H,1,3-4H2. The summed E-state index contributed by atoms with van der Waals surface area (Å²) >= 11 is 0. The number of hydrogen-bond donors (Lipinski definition) is 0. The van der Waals surface area contributed by atoms with Crippen molar-refractivity contribution in [2.45, 2.75) is 24.4 Å². The van der Waals surface area contributed by atoms with Crippen LogP contribution in [-0.4, -0.2) is 24.7 Å². The normalized spacial score (nSPS) is 15.5. The Morgan fingerprint density at radius 3 is 2.00 bits per heavy atom. The first-order valence-corrected chi connectivity index (χ1v) is 3.34. The Kier molecular flexibility index (Phi) is 3.81. The zero-order valence-electron chi connectivity index (χ0n) is 6.54. The largest absolute Gasteiger partial charge is 0.287 e. The van der Waals surface area contributed by atoms with E-state index in [1.807, 2.05) is 0 Å². The Labute approximate surface area is 71.2 Å². The molecule has 0 radical (unpaired) electrons. The van der Waals surface area contributed by atoms with Gasteiger partial charge in [0.2, 0.25) is 0 Å². The molecule has 0 aliphatic carbocycles. The maximum atomic E-state index is 12.4. The van der Waals surface area contributed by atoms with Crippen molar-refractivity contribution in [1.82, 2.24) is 0 Å². The summed E-state index contributed by atoms with van der Waals surface area (Å²) in [6.45, 7) is 0.616. The van der Waals surface area contributed by atoms with Gasteiger partial charge in [-0.25, -0.2) is 26.3 Å². The van der Waals surface area contributed by atoms with Gasteiger partial charge >= 0.3 is 0 Å². The van der Waals surface area contributed by atoms with E-state index in [4.69, 9.17) is 0 Å². The average Bonchev–Trinajstić information content (AvgIpc) is 2.01. The molecule has 0 saturated carbocycles. The Hall–Kier alpha value is -0.680. The third-order valence-corrected chi connectivity index (χ3v) is 1.36. The molecule has 1 unspecified atom stereocenters.